The molecule has 10 heteroatoms. The van der Waals surface area contributed by atoms with Crippen LogP contribution in [-0.2, 0) is 22.6 Å². The lowest BCUT2D eigenvalue weighted by molar-refractivity contribution is -0.137. The fourth-order valence-electron chi connectivity index (χ4n) is 4.50. The molecule has 1 aliphatic carbocycles. The SMILES string of the molecule is CNC(=O)c1c(-c2ccc(C)cc2C)oc2nc(CN(CCCCC(=O)O)S(=O)O)c(C3CC3)cc12. The maximum atomic E-state index is 13.0. The first-order valence-corrected chi connectivity index (χ1v) is 13.1. The third-order valence-corrected chi connectivity index (χ3v) is 7.24. The summed E-state index contributed by atoms with van der Waals surface area (Å²) in [5.74, 6) is -0.435. The monoisotopic (exact) mass is 513 g/mol. The van der Waals surface area contributed by atoms with Gasteiger partial charge < -0.3 is 14.8 Å². The molecular formula is C26H31N3O6S. The van der Waals surface area contributed by atoms with Gasteiger partial charge in [0.1, 0.15) is 0 Å². The molecule has 1 fully saturated rings. The molecule has 0 saturated heterocycles. The number of aliphatic carboxylic acids is 1. The molecule has 0 radical (unpaired) electrons. The van der Waals surface area contributed by atoms with Gasteiger partial charge in [0.05, 0.1) is 23.2 Å². The molecule has 9 nitrogen and oxygen atoms in total. The lowest BCUT2D eigenvalue weighted by Crippen LogP contribution is -2.27. The van der Waals surface area contributed by atoms with Crippen molar-refractivity contribution in [2.24, 2.45) is 0 Å². The van der Waals surface area contributed by atoms with Gasteiger partial charge in [0.15, 0.2) is 5.76 Å². The van der Waals surface area contributed by atoms with Crippen molar-refractivity contribution in [3.63, 3.8) is 0 Å². The molecule has 0 aliphatic heterocycles. The van der Waals surface area contributed by atoms with Crippen molar-refractivity contribution < 1.29 is 27.9 Å². The van der Waals surface area contributed by atoms with E-state index in [4.69, 9.17) is 14.5 Å². The Morgan fingerprint density at radius 1 is 1.22 bits per heavy atom. The summed E-state index contributed by atoms with van der Waals surface area (Å²) in [7, 11) is 1.58. The number of carbonyl (C=O) groups is 2. The topological polar surface area (TPSA) is 133 Å². The predicted octanol–water partition coefficient (Wildman–Crippen LogP) is 4.54. The number of rotatable bonds is 11. The lowest BCUT2D eigenvalue weighted by Gasteiger charge is -2.18. The summed E-state index contributed by atoms with van der Waals surface area (Å²) in [6.07, 6.45) is 2.87. The van der Waals surface area contributed by atoms with E-state index in [-0.39, 0.29) is 31.3 Å². The lowest BCUT2D eigenvalue weighted by atomic mass is 9.98. The van der Waals surface area contributed by atoms with Gasteiger partial charge in [0.2, 0.25) is 17.0 Å². The Bertz CT molecular complexity index is 1330. The van der Waals surface area contributed by atoms with Crippen molar-refractivity contribution in [2.75, 3.05) is 13.6 Å². The normalized spacial score (nSPS) is 14.4. The van der Waals surface area contributed by atoms with Crippen LogP contribution in [0, 0.1) is 13.8 Å². The number of nitrogens with one attached hydrogen (secondary N) is 1. The summed E-state index contributed by atoms with van der Waals surface area (Å²) in [6.45, 7) is 4.35. The summed E-state index contributed by atoms with van der Waals surface area (Å²) in [5.41, 5.74) is 5.20. The van der Waals surface area contributed by atoms with E-state index in [0.29, 0.717) is 41.0 Å². The molecule has 2 heterocycles. The molecule has 3 N–H and O–H groups in total. The van der Waals surface area contributed by atoms with Crippen LogP contribution in [0.25, 0.3) is 22.4 Å². The van der Waals surface area contributed by atoms with Crippen LogP contribution < -0.4 is 5.32 Å². The first kappa shape index (κ1) is 26.0. The Balaban J connectivity index is 1.77. The zero-order valence-corrected chi connectivity index (χ0v) is 21.5. The number of fused-ring (bicyclic) bond motifs is 1. The largest absolute Gasteiger partial charge is 0.481 e. The number of aromatic nitrogens is 1. The summed E-state index contributed by atoms with van der Waals surface area (Å²) in [4.78, 5) is 28.5. The Labute approximate surface area is 212 Å². The van der Waals surface area contributed by atoms with Gasteiger partial charge in [0.25, 0.3) is 5.91 Å². The Morgan fingerprint density at radius 3 is 2.58 bits per heavy atom. The number of nitrogens with zero attached hydrogens (tertiary/aromatic N) is 2. The molecule has 1 aliphatic rings. The fraction of sp³-hybridized carbons (Fsp3) is 0.423. The number of hydrogen-bond donors (Lipinski definition) is 3. The molecule has 36 heavy (non-hydrogen) atoms. The average molecular weight is 514 g/mol. The van der Waals surface area contributed by atoms with Gasteiger partial charge >= 0.3 is 5.97 Å². The number of amides is 1. The van der Waals surface area contributed by atoms with E-state index in [9.17, 15) is 18.4 Å². The van der Waals surface area contributed by atoms with Crippen molar-refractivity contribution in [3.05, 3.63) is 52.2 Å². The summed E-state index contributed by atoms with van der Waals surface area (Å²) < 4.78 is 29.5. The molecular weight excluding hydrogens is 482 g/mol. The third-order valence-electron chi connectivity index (χ3n) is 6.49. The zero-order chi connectivity index (χ0) is 26.0. The predicted molar refractivity (Wildman–Crippen MR) is 137 cm³/mol. The van der Waals surface area contributed by atoms with Crippen LogP contribution in [0.15, 0.2) is 28.7 Å². The number of aryl methyl sites for hydroxylation is 2. The smallest absolute Gasteiger partial charge is 0.303 e. The van der Waals surface area contributed by atoms with E-state index in [1.165, 1.54) is 4.31 Å². The number of unbranched alkanes of at least 4 members (excludes halogenated alkanes) is 1. The van der Waals surface area contributed by atoms with Gasteiger partial charge in [-0.25, -0.2) is 9.19 Å². The van der Waals surface area contributed by atoms with Crippen molar-refractivity contribution >= 4 is 34.2 Å². The minimum absolute atomic E-state index is 0.0132. The van der Waals surface area contributed by atoms with E-state index < -0.39 is 17.2 Å². The van der Waals surface area contributed by atoms with Crippen molar-refractivity contribution in [3.8, 4) is 11.3 Å². The third kappa shape index (κ3) is 5.66. The second-order valence-electron chi connectivity index (χ2n) is 9.30. The van der Waals surface area contributed by atoms with Gasteiger partial charge in [-0.1, -0.05) is 23.8 Å². The van der Waals surface area contributed by atoms with Crippen LogP contribution in [0.2, 0.25) is 0 Å². The van der Waals surface area contributed by atoms with E-state index in [2.05, 4.69) is 5.32 Å². The molecule has 1 amide bonds. The highest BCUT2D eigenvalue weighted by Gasteiger charge is 2.31. The minimum atomic E-state index is -2.24. The fourth-order valence-corrected chi connectivity index (χ4v) is 5.02. The van der Waals surface area contributed by atoms with E-state index >= 15 is 0 Å². The standard InChI is InChI=1S/C26H31N3O6S/c1-15-7-10-18(16(2)12-15)24-23(25(32)27-3)20-13-19(17-8-9-17)21(28-26(20)35-24)14-29(36(33)34)11-5-4-6-22(30)31/h7,10,12-13,17H,4-6,8-9,11,14H2,1-3H3,(H,27,32)(H,30,31)(H,33,34). The van der Waals surface area contributed by atoms with Gasteiger partial charge in [-0.15, -0.1) is 0 Å². The molecule has 1 atom stereocenters. The highest BCUT2D eigenvalue weighted by Crippen LogP contribution is 2.44. The average Bonchev–Trinajstić information content (AvgIpc) is 3.60. The summed E-state index contributed by atoms with van der Waals surface area (Å²) in [5, 5.41) is 12.2. The van der Waals surface area contributed by atoms with E-state index in [1.54, 1.807) is 7.05 Å². The first-order chi connectivity index (χ1) is 17.2. The number of carboxylic acids is 1. The Morgan fingerprint density at radius 2 is 1.97 bits per heavy atom. The second kappa shape index (κ2) is 10.9. The molecule has 0 bridgehead atoms. The van der Waals surface area contributed by atoms with Crippen LogP contribution in [0.1, 0.15) is 70.8 Å². The van der Waals surface area contributed by atoms with Crippen molar-refractivity contribution in [1.82, 2.24) is 14.6 Å². The van der Waals surface area contributed by atoms with E-state index in [1.807, 2.05) is 38.1 Å². The maximum Gasteiger partial charge on any atom is 0.303 e. The first-order valence-electron chi connectivity index (χ1n) is 12.0. The summed E-state index contributed by atoms with van der Waals surface area (Å²) >= 11 is -2.24. The van der Waals surface area contributed by atoms with E-state index in [0.717, 1.165) is 35.1 Å². The molecule has 1 unspecified atom stereocenters. The number of hydrogen-bond acceptors (Lipinski definition) is 5. The van der Waals surface area contributed by atoms with Crippen LogP contribution in [-0.4, -0.2) is 48.6 Å². The number of benzene rings is 1. The summed E-state index contributed by atoms with van der Waals surface area (Å²) in [6, 6.07) is 7.88. The molecule has 0 spiro atoms. The molecule has 4 rings (SSSR count). The van der Waals surface area contributed by atoms with Gasteiger partial charge in [-0.05, 0) is 62.6 Å². The van der Waals surface area contributed by atoms with Crippen LogP contribution in [0.5, 0.6) is 0 Å². The van der Waals surface area contributed by atoms with Crippen molar-refractivity contribution in [2.45, 2.75) is 58.4 Å². The zero-order valence-electron chi connectivity index (χ0n) is 20.7. The van der Waals surface area contributed by atoms with Gasteiger partial charge in [-0.3, -0.25) is 14.1 Å². The maximum absolute atomic E-state index is 13.0. The number of carbonyl (C=O) groups excluding carboxylic acids is 1. The highest BCUT2D eigenvalue weighted by atomic mass is 32.2. The number of furan rings is 1. The second-order valence-corrected chi connectivity index (χ2v) is 10.3. The molecule has 2 aromatic heterocycles. The Hall–Kier alpha value is -3.08. The van der Waals surface area contributed by atoms with Crippen LogP contribution >= 0.6 is 0 Å². The minimum Gasteiger partial charge on any atom is -0.481 e. The van der Waals surface area contributed by atoms with Gasteiger partial charge in [0, 0.05) is 25.6 Å². The molecule has 192 valence electrons. The van der Waals surface area contributed by atoms with Gasteiger partial charge in [-0.2, -0.15) is 4.31 Å². The quantitative estimate of drug-likeness (QED) is 0.253. The van der Waals surface area contributed by atoms with Crippen LogP contribution in [0.4, 0.5) is 0 Å². The van der Waals surface area contributed by atoms with Crippen molar-refractivity contribution in [1.29, 1.82) is 0 Å². The Kier molecular flexibility index (Phi) is 7.87. The number of pyridine rings is 1. The molecule has 1 aromatic carbocycles. The number of carboxylic acid groups (broad SMARTS) is 1. The van der Waals surface area contributed by atoms with Crippen LogP contribution in [0.3, 0.4) is 0 Å². The molecule has 1 saturated carbocycles. The molecule has 3 aromatic rings. The highest BCUT2D eigenvalue weighted by molar-refractivity contribution is 7.76.